The van der Waals surface area contributed by atoms with Crippen LogP contribution in [0.1, 0.15) is 11.3 Å². The predicted molar refractivity (Wildman–Crippen MR) is 57.9 cm³/mol. The fourth-order valence-electron chi connectivity index (χ4n) is 1.44. The molecule has 0 unspecified atom stereocenters. The SMILES string of the molecule is Cc1nn(-c2ccc(F)cc2F)c(Cl)c1C#N. The van der Waals surface area contributed by atoms with E-state index in [0.717, 1.165) is 16.8 Å². The molecule has 0 radical (unpaired) electrons. The smallest absolute Gasteiger partial charge is 0.151 e. The van der Waals surface area contributed by atoms with E-state index in [2.05, 4.69) is 5.10 Å². The molecular formula is C11H6ClF2N3. The van der Waals surface area contributed by atoms with Gasteiger partial charge in [-0.15, -0.1) is 0 Å². The molecule has 0 fully saturated rings. The van der Waals surface area contributed by atoms with Gasteiger partial charge in [-0.05, 0) is 19.1 Å². The molecule has 0 amide bonds. The number of aromatic nitrogens is 2. The summed E-state index contributed by atoms with van der Waals surface area (Å²) in [6.45, 7) is 1.59. The van der Waals surface area contributed by atoms with E-state index in [1.54, 1.807) is 6.92 Å². The Morgan fingerprint density at radius 2 is 2.12 bits per heavy atom. The van der Waals surface area contributed by atoms with Crippen LogP contribution in [0.15, 0.2) is 18.2 Å². The van der Waals surface area contributed by atoms with E-state index in [0.29, 0.717) is 5.69 Å². The van der Waals surface area contributed by atoms with Gasteiger partial charge in [-0.2, -0.15) is 10.4 Å². The highest BCUT2D eigenvalue weighted by atomic mass is 35.5. The van der Waals surface area contributed by atoms with E-state index >= 15 is 0 Å². The third-order valence-electron chi connectivity index (χ3n) is 2.25. The van der Waals surface area contributed by atoms with Crippen LogP contribution in [0.3, 0.4) is 0 Å². The Hall–Kier alpha value is -1.93. The molecule has 0 atom stereocenters. The first kappa shape index (κ1) is 11.6. The van der Waals surface area contributed by atoms with Crippen LogP contribution < -0.4 is 0 Å². The van der Waals surface area contributed by atoms with E-state index in [1.807, 2.05) is 6.07 Å². The van der Waals surface area contributed by atoms with Crippen LogP contribution in [0.4, 0.5) is 8.78 Å². The van der Waals surface area contributed by atoms with Gasteiger partial charge in [0.25, 0.3) is 0 Å². The van der Waals surface area contributed by atoms with E-state index < -0.39 is 11.6 Å². The van der Waals surface area contributed by atoms with E-state index in [4.69, 9.17) is 16.9 Å². The molecule has 2 aromatic rings. The lowest BCUT2D eigenvalue weighted by Gasteiger charge is -2.04. The van der Waals surface area contributed by atoms with Crippen molar-refractivity contribution in [1.82, 2.24) is 9.78 Å². The second-order valence-corrected chi connectivity index (χ2v) is 3.73. The van der Waals surface area contributed by atoms with Crippen LogP contribution in [0.5, 0.6) is 0 Å². The molecule has 0 N–H and O–H groups in total. The molecule has 3 nitrogen and oxygen atoms in total. The van der Waals surface area contributed by atoms with Gasteiger partial charge < -0.3 is 0 Å². The second kappa shape index (κ2) is 4.15. The van der Waals surface area contributed by atoms with Gasteiger partial charge in [-0.1, -0.05) is 11.6 Å². The number of halogens is 3. The monoisotopic (exact) mass is 253 g/mol. The van der Waals surface area contributed by atoms with Crippen LogP contribution >= 0.6 is 11.6 Å². The lowest BCUT2D eigenvalue weighted by Crippen LogP contribution is -2.00. The molecule has 1 aromatic heterocycles. The number of hydrogen-bond donors (Lipinski definition) is 0. The molecule has 0 saturated heterocycles. The van der Waals surface area contributed by atoms with Crippen molar-refractivity contribution in [3.63, 3.8) is 0 Å². The van der Waals surface area contributed by atoms with Gasteiger partial charge in [-0.25, -0.2) is 13.5 Å². The van der Waals surface area contributed by atoms with Crippen molar-refractivity contribution in [2.45, 2.75) is 6.92 Å². The standard InChI is InChI=1S/C11H6ClF2N3/c1-6-8(5-15)11(12)17(16-6)10-3-2-7(13)4-9(10)14/h2-4H,1H3. The van der Waals surface area contributed by atoms with Gasteiger partial charge in [0, 0.05) is 6.07 Å². The normalized spacial score (nSPS) is 10.3. The molecular weight excluding hydrogens is 248 g/mol. The fraction of sp³-hybridized carbons (Fsp3) is 0.0909. The van der Waals surface area contributed by atoms with Crippen LogP contribution in [-0.2, 0) is 0 Å². The Labute approximate surface area is 101 Å². The number of nitriles is 1. The molecule has 0 spiro atoms. The minimum Gasteiger partial charge on any atom is -0.218 e. The van der Waals surface area contributed by atoms with Crippen molar-refractivity contribution >= 4 is 11.6 Å². The van der Waals surface area contributed by atoms with Crippen molar-refractivity contribution in [3.05, 3.63) is 46.2 Å². The zero-order valence-electron chi connectivity index (χ0n) is 8.71. The summed E-state index contributed by atoms with van der Waals surface area (Å²) in [5, 5.41) is 12.8. The van der Waals surface area contributed by atoms with Gasteiger partial charge in [0.15, 0.2) is 11.0 Å². The van der Waals surface area contributed by atoms with Gasteiger partial charge in [0.2, 0.25) is 0 Å². The van der Waals surface area contributed by atoms with Gasteiger partial charge in [0.05, 0.1) is 5.69 Å². The highest BCUT2D eigenvalue weighted by Gasteiger charge is 2.16. The number of nitrogens with zero attached hydrogens (tertiary/aromatic N) is 3. The number of aryl methyl sites for hydroxylation is 1. The molecule has 0 aliphatic rings. The number of benzene rings is 1. The first-order chi connectivity index (χ1) is 8.04. The molecule has 0 aliphatic heterocycles. The Balaban J connectivity index is 2.66. The quantitative estimate of drug-likeness (QED) is 0.784. The summed E-state index contributed by atoms with van der Waals surface area (Å²) in [5.41, 5.74) is 0.567. The van der Waals surface area contributed by atoms with Crippen LogP contribution in [0.2, 0.25) is 5.15 Å². The summed E-state index contributed by atoms with van der Waals surface area (Å²) in [7, 11) is 0. The summed E-state index contributed by atoms with van der Waals surface area (Å²) >= 11 is 5.89. The van der Waals surface area contributed by atoms with E-state index in [-0.39, 0.29) is 16.4 Å². The van der Waals surface area contributed by atoms with Crippen molar-refractivity contribution in [1.29, 1.82) is 5.26 Å². The average Bonchev–Trinajstić information content (AvgIpc) is 2.54. The summed E-state index contributed by atoms with van der Waals surface area (Å²) in [5.74, 6) is -1.48. The Bertz CT molecular complexity index is 628. The molecule has 0 aliphatic carbocycles. The molecule has 86 valence electrons. The average molecular weight is 254 g/mol. The van der Waals surface area contributed by atoms with E-state index in [9.17, 15) is 8.78 Å². The van der Waals surface area contributed by atoms with Crippen LogP contribution in [0, 0.1) is 29.9 Å². The maximum Gasteiger partial charge on any atom is 0.151 e. The van der Waals surface area contributed by atoms with Gasteiger partial charge in [0.1, 0.15) is 23.1 Å². The molecule has 1 heterocycles. The molecule has 1 aromatic carbocycles. The largest absolute Gasteiger partial charge is 0.218 e. The highest BCUT2D eigenvalue weighted by Crippen LogP contribution is 2.24. The number of hydrogen-bond acceptors (Lipinski definition) is 2. The first-order valence-corrected chi connectivity index (χ1v) is 5.03. The zero-order valence-corrected chi connectivity index (χ0v) is 9.46. The Kier molecular flexibility index (Phi) is 2.82. The molecule has 6 heteroatoms. The first-order valence-electron chi connectivity index (χ1n) is 4.65. The number of rotatable bonds is 1. The molecule has 0 saturated carbocycles. The third kappa shape index (κ3) is 1.87. The third-order valence-corrected chi connectivity index (χ3v) is 2.60. The molecule has 17 heavy (non-hydrogen) atoms. The minimum atomic E-state index is -0.793. The summed E-state index contributed by atoms with van der Waals surface area (Å²) in [6.07, 6.45) is 0. The molecule has 0 bridgehead atoms. The topological polar surface area (TPSA) is 41.6 Å². The van der Waals surface area contributed by atoms with Gasteiger partial charge >= 0.3 is 0 Å². The lowest BCUT2D eigenvalue weighted by molar-refractivity contribution is 0.573. The Morgan fingerprint density at radius 3 is 2.65 bits per heavy atom. The van der Waals surface area contributed by atoms with Crippen LogP contribution in [-0.4, -0.2) is 9.78 Å². The maximum atomic E-state index is 13.5. The van der Waals surface area contributed by atoms with E-state index in [1.165, 1.54) is 6.07 Å². The minimum absolute atomic E-state index is 0.000926. The second-order valence-electron chi connectivity index (χ2n) is 3.37. The van der Waals surface area contributed by atoms with Crippen molar-refractivity contribution < 1.29 is 8.78 Å². The highest BCUT2D eigenvalue weighted by molar-refractivity contribution is 6.31. The summed E-state index contributed by atoms with van der Waals surface area (Å²) < 4.78 is 27.4. The van der Waals surface area contributed by atoms with Crippen molar-refractivity contribution in [3.8, 4) is 11.8 Å². The fourth-order valence-corrected chi connectivity index (χ4v) is 1.75. The summed E-state index contributed by atoms with van der Waals surface area (Å²) in [6, 6.07) is 4.91. The summed E-state index contributed by atoms with van der Waals surface area (Å²) in [4.78, 5) is 0. The maximum absolute atomic E-state index is 13.5. The van der Waals surface area contributed by atoms with Crippen LogP contribution in [0.25, 0.3) is 5.69 Å². The van der Waals surface area contributed by atoms with Gasteiger partial charge in [-0.3, -0.25) is 0 Å². The Morgan fingerprint density at radius 1 is 1.41 bits per heavy atom. The molecule has 2 rings (SSSR count). The zero-order chi connectivity index (χ0) is 12.6. The lowest BCUT2D eigenvalue weighted by atomic mass is 10.3. The van der Waals surface area contributed by atoms with Crippen molar-refractivity contribution in [2.24, 2.45) is 0 Å². The van der Waals surface area contributed by atoms with Crippen molar-refractivity contribution in [2.75, 3.05) is 0 Å². The predicted octanol–water partition coefficient (Wildman–Crippen LogP) is 2.98.